The van der Waals surface area contributed by atoms with Crippen molar-refractivity contribution in [3.05, 3.63) is 0 Å². The molecular formula is C8H14N2O2S2. The van der Waals surface area contributed by atoms with Gasteiger partial charge in [0.25, 0.3) is 0 Å². The second kappa shape index (κ2) is 4.51. The van der Waals surface area contributed by atoms with Gasteiger partial charge in [-0.25, -0.2) is 13.1 Å². The summed E-state index contributed by atoms with van der Waals surface area (Å²) in [7, 11) is -3.45. The quantitative estimate of drug-likeness (QED) is 0.781. The van der Waals surface area contributed by atoms with E-state index in [1.807, 2.05) is 6.92 Å². The van der Waals surface area contributed by atoms with Gasteiger partial charge >= 0.3 is 0 Å². The Morgan fingerprint density at radius 3 is 2.71 bits per heavy atom. The topological polar surface area (TPSA) is 70.0 Å². The monoisotopic (exact) mass is 234 g/mol. The van der Waals surface area contributed by atoms with Crippen molar-refractivity contribution in [3.8, 4) is 6.07 Å². The first-order chi connectivity index (χ1) is 6.47. The summed E-state index contributed by atoms with van der Waals surface area (Å²) in [6, 6.07) is 1.72. The van der Waals surface area contributed by atoms with Crippen LogP contribution in [0.25, 0.3) is 0 Å². The van der Waals surface area contributed by atoms with E-state index in [-0.39, 0.29) is 6.04 Å². The van der Waals surface area contributed by atoms with Gasteiger partial charge in [0.15, 0.2) is 5.25 Å². The third-order valence-corrected chi connectivity index (χ3v) is 5.33. The van der Waals surface area contributed by atoms with E-state index in [0.717, 1.165) is 12.2 Å². The smallest absolute Gasteiger partial charge is 0.211 e. The zero-order chi connectivity index (χ0) is 10.8. The van der Waals surface area contributed by atoms with Crippen molar-refractivity contribution in [2.45, 2.75) is 36.8 Å². The van der Waals surface area contributed by atoms with Crippen LogP contribution in [0.2, 0.25) is 0 Å². The molecule has 3 unspecified atom stereocenters. The van der Waals surface area contributed by atoms with E-state index in [9.17, 15) is 8.42 Å². The number of rotatable bonds is 3. The van der Waals surface area contributed by atoms with Gasteiger partial charge in [-0.05, 0) is 19.1 Å². The summed E-state index contributed by atoms with van der Waals surface area (Å²) in [6.07, 6.45) is 0.850. The molecule has 0 radical (unpaired) electrons. The molecule has 0 saturated carbocycles. The van der Waals surface area contributed by atoms with Crippen LogP contribution < -0.4 is 4.72 Å². The molecule has 0 aromatic carbocycles. The SMILES string of the molecule is CC1SCCC1NS(=O)(=O)C(C)C#N. The minimum Gasteiger partial charge on any atom is -0.211 e. The standard InChI is InChI=1S/C8H14N2O2S2/c1-6(5-9)14(11,12)10-8-3-4-13-7(8)2/h6-8,10H,3-4H2,1-2H3. The molecule has 1 fully saturated rings. The maximum atomic E-state index is 11.5. The van der Waals surface area contributed by atoms with Gasteiger partial charge in [-0.15, -0.1) is 0 Å². The second-order valence-corrected chi connectivity index (χ2v) is 6.92. The summed E-state index contributed by atoms with van der Waals surface area (Å²) in [5, 5.41) is 7.87. The Kier molecular flexibility index (Phi) is 3.81. The van der Waals surface area contributed by atoms with E-state index in [4.69, 9.17) is 5.26 Å². The largest absolute Gasteiger partial charge is 0.227 e. The minimum absolute atomic E-state index is 0.0131. The average molecular weight is 234 g/mol. The van der Waals surface area contributed by atoms with Crippen LogP contribution in [-0.2, 0) is 10.0 Å². The molecule has 4 nitrogen and oxygen atoms in total. The highest BCUT2D eigenvalue weighted by molar-refractivity contribution is 8.00. The molecule has 0 aliphatic carbocycles. The lowest BCUT2D eigenvalue weighted by Crippen LogP contribution is -2.42. The van der Waals surface area contributed by atoms with Gasteiger partial charge in [0.05, 0.1) is 6.07 Å². The Labute approximate surface area is 89.1 Å². The van der Waals surface area contributed by atoms with Crippen LogP contribution in [0.5, 0.6) is 0 Å². The lowest BCUT2D eigenvalue weighted by molar-refractivity contribution is 0.543. The lowest BCUT2D eigenvalue weighted by Gasteiger charge is -2.17. The molecule has 0 spiro atoms. The lowest BCUT2D eigenvalue weighted by atomic mass is 10.2. The summed E-state index contributed by atoms with van der Waals surface area (Å²) < 4.78 is 25.6. The number of nitriles is 1. The zero-order valence-corrected chi connectivity index (χ0v) is 9.86. The van der Waals surface area contributed by atoms with Crippen molar-refractivity contribution >= 4 is 21.8 Å². The predicted octanol–water partition coefficient (Wildman–Crippen LogP) is 0.712. The molecule has 1 saturated heterocycles. The molecule has 0 amide bonds. The molecule has 1 aliphatic heterocycles. The highest BCUT2D eigenvalue weighted by atomic mass is 32.2. The van der Waals surface area contributed by atoms with Crippen LogP contribution in [0, 0.1) is 11.3 Å². The molecule has 80 valence electrons. The van der Waals surface area contributed by atoms with E-state index in [0.29, 0.717) is 5.25 Å². The number of hydrogen-bond donors (Lipinski definition) is 1. The molecular weight excluding hydrogens is 220 g/mol. The molecule has 1 aliphatic rings. The van der Waals surface area contributed by atoms with Crippen LogP contribution in [0.3, 0.4) is 0 Å². The van der Waals surface area contributed by atoms with Crippen molar-refractivity contribution in [2.24, 2.45) is 0 Å². The van der Waals surface area contributed by atoms with E-state index in [1.165, 1.54) is 6.92 Å². The number of sulfonamides is 1. The Hall–Kier alpha value is -0.250. The first-order valence-electron chi connectivity index (χ1n) is 4.49. The molecule has 0 aromatic rings. The number of nitrogens with zero attached hydrogens (tertiary/aromatic N) is 1. The van der Waals surface area contributed by atoms with Crippen LogP contribution >= 0.6 is 11.8 Å². The van der Waals surface area contributed by atoms with Crippen molar-refractivity contribution in [2.75, 3.05) is 5.75 Å². The third-order valence-electron chi connectivity index (χ3n) is 2.34. The average Bonchev–Trinajstić information content (AvgIpc) is 2.50. The first-order valence-corrected chi connectivity index (χ1v) is 7.09. The molecule has 6 heteroatoms. The Morgan fingerprint density at radius 2 is 2.29 bits per heavy atom. The predicted molar refractivity (Wildman–Crippen MR) is 57.5 cm³/mol. The van der Waals surface area contributed by atoms with Crippen LogP contribution in [0.1, 0.15) is 20.3 Å². The fraction of sp³-hybridized carbons (Fsp3) is 0.875. The Balaban J connectivity index is 2.64. The number of thioether (sulfide) groups is 1. The molecule has 1 rings (SSSR count). The van der Waals surface area contributed by atoms with Crippen LogP contribution in [-0.4, -0.2) is 30.7 Å². The number of hydrogen-bond acceptors (Lipinski definition) is 4. The maximum Gasteiger partial charge on any atom is 0.227 e. The minimum atomic E-state index is -3.45. The first kappa shape index (κ1) is 11.8. The fourth-order valence-corrected chi connectivity index (χ4v) is 3.64. The zero-order valence-electron chi connectivity index (χ0n) is 8.23. The van der Waals surface area contributed by atoms with Gasteiger partial charge in [0, 0.05) is 11.3 Å². The fourth-order valence-electron chi connectivity index (χ4n) is 1.27. The molecule has 0 bridgehead atoms. The second-order valence-electron chi connectivity index (χ2n) is 3.41. The third kappa shape index (κ3) is 2.62. The Bertz CT molecular complexity index is 334. The van der Waals surface area contributed by atoms with E-state index >= 15 is 0 Å². The van der Waals surface area contributed by atoms with Crippen LogP contribution in [0.4, 0.5) is 0 Å². The highest BCUT2D eigenvalue weighted by Gasteiger charge is 2.30. The summed E-state index contributed by atoms with van der Waals surface area (Å²) in [6.45, 7) is 3.40. The summed E-state index contributed by atoms with van der Waals surface area (Å²) >= 11 is 1.76. The van der Waals surface area contributed by atoms with Crippen molar-refractivity contribution in [1.82, 2.24) is 4.72 Å². The van der Waals surface area contributed by atoms with Gasteiger partial charge in [-0.3, -0.25) is 0 Å². The summed E-state index contributed by atoms with van der Waals surface area (Å²) in [4.78, 5) is 0. The molecule has 0 aromatic heterocycles. The van der Waals surface area contributed by atoms with E-state index < -0.39 is 15.3 Å². The normalized spacial score (nSPS) is 29.8. The van der Waals surface area contributed by atoms with E-state index in [1.54, 1.807) is 17.8 Å². The highest BCUT2D eigenvalue weighted by Crippen LogP contribution is 2.26. The molecule has 14 heavy (non-hydrogen) atoms. The molecule has 1 heterocycles. The maximum absolute atomic E-state index is 11.5. The van der Waals surface area contributed by atoms with Crippen LogP contribution in [0.15, 0.2) is 0 Å². The Morgan fingerprint density at radius 1 is 1.64 bits per heavy atom. The summed E-state index contributed by atoms with van der Waals surface area (Å²) in [5.74, 6) is 0.981. The van der Waals surface area contributed by atoms with Gasteiger partial charge < -0.3 is 0 Å². The molecule has 1 N–H and O–H groups in total. The number of nitrogens with one attached hydrogen (secondary N) is 1. The van der Waals surface area contributed by atoms with Gasteiger partial charge in [0.1, 0.15) is 0 Å². The van der Waals surface area contributed by atoms with Crippen molar-refractivity contribution in [1.29, 1.82) is 5.26 Å². The van der Waals surface area contributed by atoms with E-state index in [2.05, 4.69) is 4.72 Å². The van der Waals surface area contributed by atoms with Gasteiger partial charge in [-0.1, -0.05) is 6.92 Å². The summed E-state index contributed by atoms with van der Waals surface area (Å²) in [5.41, 5.74) is 0. The molecule has 3 atom stereocenters. The van der Waals surface area contributed by atoms with Gasteiger partial charge in [0.2, 0.25) is 10.0 Å². The van der Waals surface area contributed by atoms with Crippen molar-refractivity contribution in [3.63, 3.8) is 0 Å². The van der Waals surface area contributed by atoms with Crippen molar-refractivity contribution < 1.29 is 8.42 Å². The van der Waals surface area contributed by atoms with Gasteiger partial charge in [-0.2, -0.15) is 17.0 Å².